The van der Waals surface area contributed by atoms with E-state index in [1.807, 2.05) is 0 Å². The first-order valence-corrected chi connectivity index (χ1v) is 5.81. The second-order valence-corrected chi connectivity index (χ2v) is 4.61. The Kier molecular flexibility index (Phi) is 3.49. The van der Waals surface area contributed by atoms with Crippen molar-refractivity contribution in [3.63, 3.8) is 0 Å². The first-order valence-electron chi connectivity index (χ1n) is 5.44. The molecular weight excluding hydrogens is 244 g/mol. The molecule has 5 nitrogen and oxygen atoms in total. The van der Waals surface area contributed by atoms with Crippen molar-refractivity contribution < 1.29 is 10.0 Å². The van der Waals surface area contributed by atoms with E-state index in [4.69, 9.17) is 11.6 Å². The van der Waals surface area contributed by atoms with Gasteiger partial charge in [0.1, 0.15) is 0 Å². The van der Waals surface area contributed by atoms with Crippen molar-refractivity contribution in [2.24, 2.45) is 5.92 Å². The number of nitro benzene ring substituents is 1. The Morgan fingerprint density at radius 3 is 2.82 bits per heavy atom. The van der Waals surface area contributed by atoms with E-state index in [9.17, 15) is 15.2 Å². The summed E-state index contributed by atoms with van der Waals surface area (Å²) in [5, 5.41) is 23.5. The minimum absolute atomic E-state index is 0.0386. The van der Waals surface area contributed by atoms with Crippen LogP contribution in [-0.2, 0) is 0 Å². The Balaban J connectivity index is 1.98. The molecule has 2 rings (SSSR count). The zero-order valence-corrected chi connectivity index (χ0v) is 9.85. The maximum atomic E-state index is 10.5. The number of aliphatic hydroxyl groups is 1. The van der Waals surface area contributed by atoms with E-state index < -0.39 is 4.92 Å². The fourth-order valence-electron chi connectivity index (χ4n) is 1.62. The van der Waals surface area contributed by atoms with Gasteiger partial charge in [0.25, 0.3) is 5.69 Å². The lowest BCUT2D eigenvalue weighted by molar-refractivity contribution is -0.384. The van der Waals surface area contributed by atoms with Gasteiger partial charge >= 0.3 is 0 Å². The van der Waals surface area contributed by atoms with Crippen LogP contribution >= 0.6 is 11.6 Å². The van der Waals surface area contributed by atoms with Gasteiger partial charge in [-0.15, -0.1) is 0 Å². The molecule has 1 fully saturated rings. The van der Waals surface area contributed by atoms with E-state index in [2.05, 4.69) is 5.32 Å². The largest absolute Gasteiger partial charge is 0.391 e. The van der Waals surface area contributed by atoms with Crippen molar-refractivity contribution in [3.8, 4) is 0 Å². The van der Waals surface area contributed by atoms with Crippen molar-refractivity contribution in [2.75, 3.05) is 11.9 Å². The topological polar surface area (TPSA) is 75.4 Å². The van der Waals surface area contributed by atoms with Crippen LogP contribution in [0.5, 0.6) is 0 Å². The molecule has 0 spiro atoms. The summed E-state index contributed by atoms with van der Waals surface area (Å²) in [6.07, 6.45) is 1.76. The van der Waals surface area contributed by atoms with E-state index in [1.54, 1.807) is 6.07 Å². The summed E-state index contributed by atoms with van der Waals surface area (Å²) in [6.45, 7) is 0.419. The smallest absolute Gasteiger partial charge is 0.271 e. The minimum Gasteiger partial charge on any atom is -0.391 e. The summed E-state index contributed by atoms with van der Waals surface area (Å²) in [7, 11) is 0. The lowest BCUT2D eigenvalue weighted by Gasteiger charge is -2.12. The Hall–Kier alpha value is -1.33. The molecule has 0 aromatic heterocycles. The Bertz CT molecular complexity index is 435. The molecule has 1 unspecified atom stereocenters. The van der Waals surface area contributed by atoms with Crippen molar-refractivity contribution in [1.29, 1.82) is 0 Å². The highest BCUT2D eigenvalue weighted by Gasteiger charge is 2.29. The number of rotatable bonds is 5. The lowest BCUT2D eigenvalue weighted by atomic mass is 10.2. The molecule has 0 amide bonds. The van der Waals surface area contributed by atoms with Crippen LogP contribution in [0.25, 0.3) is 0 Å². The zero-order chi connectivity index (χ0) is 12.4. The van der Waals surface area contributed by atoms with E-state index in [0.717, 1.165) is 12.8 Å². The molecule has 0 saturated heterocycles. The molecule has 0 aliphatic heterocycles. The van der Waals surface area contributed by atoms with Crippen LogP contribution in [0.2, 0.25) is 5.02 Å². The number of anilines is 1. The van der Waals surface area contributed by atoms with Gasteiger partial charge in [-0.3, -0.25) is 10.1 Å². The van der Waals surface area contributed by atoms with Crippen molar-refractivity contribution in [1.82, 2.24) is 0 Å². The lowest BCUT2D eigenvalue weighted by Crippen LogP contribution is -2.21. The quantitative estimate of drug-likeness (QED) is 0.627. The average Bonchev–Trinajstić information content (AvgIpc) is 3.10. The number of hydrogen-bond donors (Lipinski definition) is 2. The molecule has 6 heteroatoms. The second kappa shape index (κ2) is 4.89. The van der Waals surface area contributed by atoms with Crippen LogP contribution in [0.15, 0.2) is 18.2 Å². The minimum atomic E-state index is -0.491. The molecular formula is C11H13ClN2O3. The Morgan fingerprint density at radius 2 is 2.29 bits per heavy atom. The average molecular weight is 257 g/mol. The predicted octanol–water partition coefficient (Wildman–Crippen LogP) is 2.43. The maximum Gasteiger partial charge on any atom is 0.271 e. The molecule has 1 atom stereocenters. The molecule has 1 aliphatic rings. The van der Waals surface area contributed by atoms with Crippen LogP contribution in [-0.4, -0.2) is 22.7 Å². The summed E-state index contributed by atoms with van der Waals surface area (Å²) < 4.78 is 0. The van der Waals surface area contributed by atoms with Gasteiger partial charge in [0.15, 0.2) is 0 Å². The summed E-state index contributed by atoms with van der Waals surface area (Å²) >= 11 is 5.90. The summed E-state index contributed by atoms with van der Waals surface area (Å²) in [5.74, 6) is 0.388. The van der Waals surface area contributed by atoms with E-state index in [0.29, 0.717) is 23.2 Å². The fraction of sp³-hybridized carbons (Fsp3) is 0.455. The number of hydrogen-bond acceptors (Lipinski definition) is 4. The molecule has 1 saturated carbocycles. The highest BCUT2D eigenvalue weighted by atomic mass is 35.5. The second-order valence-electron chi connectivity index (χ2n) is 4.21. The molecule has 92 valence electrons. The first kappa shape index (κ1) is 12.1. The van der Waals surface area contributed by atoms with Gasteiger partial charge in [-0.05, 0) is 24.8 Å². The highest BCUT2D eigenvalue weighted by molar-refractivity contribution is 6.33. The van der Waals surface area contributed by atoms with Crippen molar-refractivity contribution in [2.45, 2.75) is 18.9 Å². The van der Waals surface area contributed by atoms with Crippen LogP contribution in [0, 0.1) is 16.0 Å². The molecule has 0 bridgehead atoms. The predicted molar refractivity (Wildman–Crippen MR) is 65.3 cm³/mol. The summed E-state index contributed by atoms with van der Waals surface area (Å²) in [4.78, 5) is 10.0. The fourth-order valence-corrected chi connectivity index (χ4v) is 1.86. The number of nitrogens with one attached hydrogen (secondary N) is 1. The van der Waals surface area contributed by atoms with Gasteiger partial charge in [-0.1, -0.05) is 11.6 Å². The van der Waals surface area contributed by atoms with Gasteiger partial charge in [-0.25, -0.2) is 0 Å². The number of halogens is 1. The van der Waals surface area contributed by atoms with Gasteiger partial charge in [-0.2, -0.15) is 0 Å². The van der Waals surface area contributed by atoms with Crippen molar-refractivity contribution >= 4 is 23.0 Å². The molecule has 1 aliphatic carbocycles. The number of nitrogens with zero attached hydrogens (tertiary/aromatic N) is 1. The number of benzene rings is 1. The summed E-state index contributed by atoms with van der Waals surface area (Å²) in [6, 6.07) is 4.24. The van der Waals surface area contributed by atoms with Crippen LogP contribution in [0.1, 0.15) is 12.8 Å². The number of aliphatic hydroxyl groups excluding tert-OH is 1. The first-order chi connectivity index (χ1) is 8.08. The molecule has 0 radical (unpaired) electrons. The van der Waals surface area contributed by atoms with Crippen molar-refractivity contribution in [3.05, 3.63) is 33.3 Å². The number of nitro groups is 1. The van der Waals surface area contributed by atoms with Gasteiger partial charge < -0.3 is 10.4 Å². The van der Waals surface area contributed by atoms with E-state index in [-0.39, 0.29) is 11.8 Å². The normalized spacial score (nSPS) is 16.6. The monoisotopic (exact) mass is 256 g/mol. The van der Waals surface area contributed by atoms with Gasteiger partial charge in [0, 0.05) is 18.7 Å². The molecule has 1 aromatic rings. The summed E-state index contributed by atoms with van der Waals surface area (Å²) in [5.41, 5.74) is 0.570. The van der Waals surface area contributed by atoms with Gasteiger partial charge in [0.2, 0.25) is 0 Å². The van der Waals surface area contributed by atoms with Gasteiger partial charge in [0.05, 0.1) is 21.7 Å². The van der Waals surface area contributed by atoms with Crippen LogP contribution in [0.3, 0.4) is 0 Å². The highest BCUT2D eigenvalue weighted by Crippen LogP contribution is 2.33. The Labute approximate surface area is 104 Å². The molecule has 2 N–H and O–H groups in total. The molecule has 0 heterocycles. The SMILES string of the molecule is O=[N+]([O-])c1ccc(NCC(O)C2CC2)c(Cl)c1. The maximum absolute atomic E-state index is 10.5. The Morgan fingerprint density at radius 1 is 1.59 bits per heavy atom. The van der Waals surface area contributed by atoms with Crippen LogP contribution in [0.4, 0.5) is 11.4 Å². The van der Waals surface area contributed by atoms with E-state index in [1.165, 1.54) is 12.1 Å². The zero-order valence-electron chi connectivity index (χ0n) is 9.10. The standard InChI is InChI=1S/C11H13ClN2O3/c12-9-5-8(14(16)17)3-4-10(9)13-6-11(15)7-1-2-7/h3-5,7,11,13,15H,1-2,6H2. The van der Waals surface area contributed by atoms with E-state index >= 15 is 0 Å². The van der Waals surface area contributed by atoms with Crippen LogP contribution < -0.4 is 5.32 Å². The third kappa shape index (κ3) is 3.08. The third-order valence-electron chi connectivity index (χ3n) is 2.83. The third-order valence-corrected chi connectivity index (χ3v) is 3.14. The number of non-ortho nitro benzene ring substituents is 1. The molecule has 17 heavy (non-hydrogen) atoms. The molecule has 1 aromatic carbocycles.